The lowest BCUT2D eigenvalue weighted by Crippen LogP contribution is -2.42. The van der Waals surface area contributed by atoms with Crippen molar-refractivity contribution in [1.29, 1.82) is 0 Å². The molecule has 40 heavy (non-hydrogen) atoms. The summed E-state index contributed by atoms with van der Waals surface area (Å²) in [6, 6.07) is 20.3. The van der Waals surface area contributed by atoms with Gasteiger partial charge in [-0.1, -0.05) is 48.5 Å². The quantitative estimate of drug-likeness (QED) is 0.209. The lowest BCUT2D eigenvalue weighted by molar-refractivity contribution is -0.139. The van der Waals surface area contributed by atoms with E-state index in [1.165, 1.54) is 4.31 Å². The molecular formula is C28H25BrN2O7S2. The maximum Gasteiger partial charge on any atom is 0.349 e. The number of halogens is 1. The number of thiophene rings is 1. The number of carboxylic acid groups (broad SMARTS) is 2. The van der Waals surface area contributed by atoms with E-state index in [9.17, 15) is 23.1 Å². The number of aliphatic carboxylic acids is 1. The predicted octanol–water partition coefficient (Wildman–Crippen LogP) is 5.76. The number of carbonyl (C=O) groups is 2. The molecule has 0 saturated carbocycles. The molecule has 12 heteroatoms. The second kappa shape index (κ2) is 11.6. The highest BCUT2D eigenvalue weighted by Gasteiger charge is 2.31. The summed E-state index contributed by atoms with van der Waals surface area (Å²) < 4.78 is 34.1. The van der Waals surface area contributed by atoms with E-state index in [1.54, 1.807) is 12.1 Å². The minimum absolute atomic E-state index is 0.0203. The molecule has 2 heterocycles. The van der Waals surface area contributed by atoms with Crippen LogP contribution in [-0.4, -0.2) is 60.6 Å². The number of aromatic carboxylic acids is 1. The van der Waals surface area contributed by atoms with Gasteiger partial charge in [0.1, 0.15) is 0 Å². The summed E-state index contributed by atoms with van der Waals surface area (Å²) in [5, 5.41) is 23.6. The fourth-order valence-corrected chi connectivity index (χ4v) is 8.34. The third-order valence-electron chi connectivity index (χ3n) is 6.66. The van der Waals surface area contributed by atoms with Gasteiger partial charge in [-0.15, -0.1) is 11.3 Å². The monoisotopic (exact) mass is 644 g/mol. The smallest absolute Gasteiger partial charge is 0.349 e. The number of carboxylic acids is 2. The van der Waals surface area contributed by atoms with Crippen molar-refractivity contribution in [1.82, 2.24) is 4.31 Å². The van der Waals surface area contributed by atoms with Gasteiger partial charge in [-0.3, -0.25) is 0 Å². The zero-order chi connectivity index (χ0) is 28.4. The van der Waals surface area contributed by atoms with E-state index >= 15 is 0 Å². The Morgan fingerprint density at radius 1 is 1.02 bits per heavy atom. The Morgan fingerprint density at radius 3 is 2.45 bits per heavy atom. The average molecular weight is 646 g/mol. The first-order valence-electron chi connectivity index (χ1n) is 12.4. The van der Waals surface area contributed by atoms with Gasteiger partial charge in [-0.25, -0.2) is 18.0 Å². The van der Waals surface area contributed by atoms with Crippen molar-refractivity contribution >= 4 is 65.7 Å². The molecule has 0 amide bonds. The van der Waals surface area contributed by atoms with Crippen LogP contribution in [0.4, 0.5) is 5.69 Å². The van der Waals surface area contributed by atoms with Crippen molar-refractivity contribution in [2.75, 3.05) is 25.0 Å². The van der Waals surface area contributed by atoms with Crippen molar-refractivity contribution in [2.24, 2.45) is 0 Å². The van der Waals surface area contributed by atoms with Crippen LogP contribution in [0.25, 0.3) is 21.2 Å². The number of sulfonamides is 1. The molecule has 5 rings (SSSR count). The van der Waals surface area contributed by atoms with Crippen molar-refractivity contribution in [2.45, 2.75) is 23.8 Å². The fraction of sp³-hybridized carbons (Fsp3) is 0.214. The summed E-state index contributed by atoms with van der Waals surface area (Å²) >= 11 is 4.38. The van der Waals surface area contributed by atoms with Gasteiger partial charge in [0.15, 0.2) is 17.2 Å². The van der Waals surface area contributed by atoms with Crippen molar-refractivity contribution in [3.63, 3.8) is 0 Å². The molecule has 0 spiro atoms. The lowest BCUT2D eigenvalue weighted by Gasteiger charge is -2.32. The molecule has 3 aromatic carbocycles. The first kappa shape index (κ1) is 28.1. The lowest BCUT2D eigenvalue weighted by atomic mass is 10.1. The maximum atomic E-state index is 13.5. The fourth-order valence-electron chi connectivity index (χ4n) is 4.77. The van der Waals surface area contributed by atoms with Gasteiger partial charge in [-0.05, 0) is 57.9 Å². The minimum atomic E-state index is -3.65. The second-order valence-corrected chi connectivity index (χ2v) is 13.0. The molecule has 0 bridgehead atoms. The molecule has 0 aliphatic carbocycles. The van der Waals surface area contributed by atoms with Gasteiger partial charge in [-0.2, -0.15) is 4.31 Å². The predicted molar refractivity (Wildman–Crippen MR) is 157 cm³/mol. The molecule has 1 saturated heterocycles. The molecule has 1 fully saturated rings. The number of ether oxygens (including phenoxy) is 1. The highest BCUT2D eigenvalue weighted by molar-refractivity contribution is 9.10. The molecule has 1 aromatic heterocycles. The summed E-state index contributed by atoms with van der Waals surface area (Å²) in [7, 11) is -3.65. The largest absolute Gasteiger partial charge is 0.479 e. The molecule has 0 radical (unpaired) electrons. The number of anilines is 1. The normalized spacial score (nSPS) is 14.7. The maximum absolute atomic E-state index is 13.5. The van der Waals surface area contributed by atoms with Crippen molar-refractivity contribution in [3.05, 3.63) is 76.1 Å². The van der Waals surface area contributed by atoms with Gasteiger partial charge in [0, 0.05) is 30.2 Å². The molecule has 9 nitrogen and oxygen atoms in total. The zero-order valence-corrected chi connectivity index (χ0v) is 24.3. The Balaban J connectivity index is 1.30. The van der Waals surface area contributed by atoms with E-state index in [0.29, 0.717) is 45.6 Å². The van der Waals surface area contributed by atoms with Gasteiger partial charge in [0.2, 0.25) is 10.0 Å². The Morgan fingerprint density at radius 2 is 1.73 bits per heavy atom. The molecule has 1 aliphatic rings. The number of piperidine rings is 1. The van der Waals surface area contributed by atoms with Crippen LogP contribution in [0.1, 0.15) is 22.5 Å². The summed E-state index contributed by atoms with van der Waals surface area (Å²) in [4.78, 5) is 23.5. The summed E-state index contributed by atoms with van der Waals surface area (Å²) in [5.74, 6) is -2.44. The zero-order valence-electron chi connectivity index (χ0n) is 21.0. The van der Waals surface area contributed by atoms with Gasteiger partial charge in [0.25, 0.3) is 0 Å². The number of nitrogens with one attached hydrogen (secondary N) is 1. The Kier molecular flexibility index (Phi) is 8.13. The van der Waals surface area contributed by atoms with Crippen LogP contribution in [0, 0.1) is 0 Å². The van der Waals surface area contributed by atoms with Crippen LogP contribution in [-0.2, 0) is 14.8 Å². The number of hydrogen-bond donors (Lipinski definition) is 3. The van der Waals surface area contributed by atoms with Gasteiger partial charge in [0.05, 0.1) is 14.2 Å². The highest BCUT2D eigenvalue weighted by Crippen LogP contribution is 2.46. The Bertz CT molecular complexity index is 1690. The SMILES string of the molecule is O=C(O)COc1c(C(=O)O)sc(-c2cccc(NC3CCN(S(=O)(=O)c4cccc5ccccc45)CC3)c2)c1Br. The first-order chi connectivity index (χ1) is 19.1. The van der Waals surface area contributed by atoms with Crippen molar-refractivity contribution in [3.8, 4) is 16.2 Å². The number of benzene rings is 3. The highest BCUT2D eigenvalue weighted by atomic mass is 79.9. The molecule has 3 N–H and O–H groups in total. The minimum Gasteiger partial charge on any atom is -0.479 e. The van der Waals surface area contributed by atoms with Crippen molar-refractivity contribution < 1.29 is 33.0 Å². The van der Waals surface area contributed by atoms with E-state index < -0.39 is 28.6 Å². The van der Waals surface area contributed by atoms with Crippen LogP contribution in [0.2, 0.25) is 0 Å². The van der Waals surface area contributed by atoms with Crippen LogP contribution >= 0.6 is 27.3 Å². The first-order valence-corrected chi connectivity index (χ1v) is 15.4. The molecule has 0 atom stereocenters. The summed E-state index contributed by atoms with van der Waals surface area (Å²) in [6.07, 6.45) is 1.24. The second-order valence-electron chi connectivity index (χ2n) is 9.27. The average Bonchev–Trinajstić information content (AvgIpc) is 3.28. The van der Waals surface area contributed by atoms with Gasteiger partial charge < -0.3 is 20.3 Å². The van der Waals surface area contributed by atoms with Crippen LogP contribution in [0.15, 0.2) is 76.1 Å². The van der Waals surface area contributed by atoms with Gasteiger partial charge >= 0.3 is 11.9 Å². The summed E-state index contributed by atoms with van der Waals surface area (Å²) in [6.45, 7) is 0.100. The Labute approximate surface area is 243 Å². The van der Waals surface area contributed by atoms with E-state index in [-0.39, 0.29) is 16.7 Å². The third kappa shape index (κ3) is 5.71. The molecule has 0 unspecified atom stereocenters. The molecule has 208 valence electrons. The molecular weight excluding hydrogens is 620 g/mol. The number of fused-ring (bicyclic) bond motifs is 1. The topological polar surface area (TPSA) is 133 Å². The van der Waals surface area contributed by atoms with E-state index in [4.69, 9.17) is 9.84 Å². The number of hydrogen-bond acceptors (Lipinski definition) is 7. The Hall–Kier alpha value is -3.45. The van der Waals surface area contributed by atoms with E-state index in [2.05, 4.69) is 21.2 Å². The van der Waals surface area contributed by atoms with E-state index in [0.717, 1.165) is 28.0 Å². The number of nitrogens with zero attached hydrogens (tertiary/aromatic N) is 1. The number of rotatable bonds is 9. The standard InChI is InChI=1S/C28H25BrN2O7S2/c29-24-25(38-16-23(32)33)27(28(34)35)39-26(24)18-7-3-8-20(15-18)30-19-11-13-31(14-12-19)40(36,37)22-10-4-6-17-5-1-2-9-21(17)22/h1-10,15,19,30H,11-14,16H2,(H,32,33)(H,34,35). The molecule has 4 aromatic rings. The van der Waals surface area contributed by atoms with E-state index in [1.807, 2.05) is 54.6 Å². The van der Waals surface area contributed by atoms with Crippen LogP contribution < -0.4 is 10.1 Å². The van der Waals surface area contributed by atoms with Crippen LogP contribution in [0.3, 0.4) is 0 Å². The van der Waals surface area contributed by atoms with Crippen LogP contribution in [0.5, 0.6) is 5.75 Å². The molecule has 1 aliphatic heterocycles. The summed E-state index contributed by atoms with van der Waals surface area (Å²) in [5.41, 5.74) is 1.53. The third-order valence-corrected chi connectivity index (χ3v) is 10.8.